The van der Waals surface area contributed by atoms with E-state index in [1.54, 1.807) is 11.8 Å². The first-order valence-electron chi connectivity index (χ1n) is 7.19. The molecule has 1 atom stereocenters. The van der Waals surface area contributed by atoms with E-state index >= 15 is 0 Å². The summed E-state index contributed by atoms with van der Waals surface area (Å²) in [5, 5.41) is 11.7. The lowest BCUT2D eigenvalue weighted by Crippen LogP contribution is -2.44. The van der Waals surface area contributed by atoms with Gasteiger partial charge in [0, 0.05) is 18.2 Å². The van der Waals surface area contributed by atoms with Gasteiger partial charge in [0.1, 0.15) is 11.6 Å². The molecule has 0 spiro atoms. The normalized spacial score (nSPS) is 15.6. The van der Waals surface area contributed by atoms with Gasteiger partial charge in [0.2, 0.25) is 0 Å². The molecule has 2 amide bonds. The first kappa shape index (κ1) is 15.7. The summed E-state index contributed by atoms with van der Waals surface area (Å²) in [6.45, 7) is 1.93. The molecule has 2 rings (SSSR count). The number of hydrogen-bond acceptors (Lipinski definition) is 2. The maximum atomic E-state index is 13.8. The van der Waals surface area contributed by atoms with Crippen LogP contribution in [0.4, 0.5) is 13.6 Å². The van der Waals surface area contributed by atoms with Crippen molar-refractivity contribution in [3.8, 4) is 0 Å². The van der Waals surface area contributed by atoms with Crippen LogP contribution in [0, 0.1) is 11.6 Å². The fraction of sp³-hybridized carbons (Fsp3) is 0.533. The Hall–Kier alpha value is -1.69. The van der Waals surface area contributed by atoms with Crippen molar-refractivity contribution in [2.45, 2.75) is 38.3 Å². The molecule has 1 aliphatic rings. The van der Waals surface area contributed by atoms with Crippen molar-refractivity contribution in [2.75, 3.05) is 13.2 Å². The van der Waals surface area contributed by atoms with E-state index in [0.29, 0.717) is 6.42 Å². The van der Waals surface area contributed by atoms with Gasteiger partial charge in [-0.05, 0) is 37.5 Å². The van der Waals surface area contributed by atoms with Crippen molar-refractivity contribution in [3.05, 3.63) is 35.4 Å². The zero-order valence-electron chi connectivity index (χ0n) is 12.0. The topological polar surface area (TPSA) is 52.6 Å². The minimum absolute atomic E-state index is 0.116. The number of urea groups is 1. The molecule has 0 aliphatic heterocycles. The van der Waals surface area contributed by atoms with Crippen molar-refractivity contribution >= 4 is 6.03 Å². The van der Waals surface area contributed by atoms with Crippen molar-refractivity contribution in [2.24, 2.45) is 0 Å². The summed E-state index contributed by atoms with van der Waals surface area (Å²) in [7, 11) is 0. The number of rotatable bonds is 6. The molecule has 1 unspecified atom stereocenters. The molecule has 0 saturated heterocycles. The van der Waals surface area contributed by atoms with Gasteiger partial charge in [0.15, 0.2) is 0 Å². The van der Waals surface area contributed by atoms with E-state index in [2.05, 4.69) is 5.32 Å². The Morgan fingerprint density at radius 3 is 2.76 bits per heavy atom. The number of aliphatic hydroxyl groups excluding tert-OH is 1. The number of nitrogens with zero attached hydrogens (tertiary/aromatic N) is 1. The summed E-state index contributed by atoms with van der Waals surface area (Å²) in [6, 6.07) is 2.43. The van der Waals surface area contributed by atoms with Crippen LogP contribution in [0.5, 0.6) is 0 Å². The van der Waals surface area contributed by atoms with E-state index in [-0.39, 0.29) is 30.8 Å². The third-order valence-electron chi connectivity index (χ3n) is 3.63. The fourth-order valence-corrected chi connectivity index (χ4v) is 2.36. The number of benzene rings is 1. The van der Waals surface area contributed by atoms with E-state index in [0.717, 1.165) is 31.0 Å². The number of amides is 2. The third-order valence-corrected chi connectivity index (χ3v) is 3.63. The molecular formula is C15H20F2N2O2. The molecule has 6 heteroatoms. The Balaban J connectivity index is 2.10. The van der Waals surface area contributed by atoms with Crippen LogP contribution >= 0.6 is 0 Å². The molecule has 0 radical (unpaired) electrons. The van der Waals surface area contributed by atoms with Crippen LogP contribution in [0.25, 0.3) is 0 Å². The molecule has 0 bridgehead atoms. The van der Waals surface area contributed by atoms with Crippen LogP contribution < -0.4 is 5.32 Å². The summed E-state index contributed by atoms with van der Waals surface area (Å²) in [5.41, 5.74) is 0.144. The van der Waals surface area contributed by atoms with Gasteiger partial charge in [-0.15, -0.1) is 0 Å². The van der Waals surface area contributed by atoms with Crippen LogP contribution in [-0.2, 0) is 0 Å². The van der Waals surface area contributed by atoms with Gasteiger partial charge < -0.3 is 15.3 Å². The Labute approximate surface area is 122 Å². The van der Waals surface area contributed by atoms with E-state index in [4.69, 9.17) is 5.11 Å². The third kappa shape index (κ3) is 3.91. The summed E-state index contributed by atoms with van der Waals surface area (Å²) >= 11 is 0. The molecule has 0 heterocycles. The van der Waals surface area contributed by atoms with Gasteiger partial charge in [0.05, 0.1) is 12.6 Å². The number of hydrogen-bond donors (Lipinski definition) is 2. The van der Waals surface area contributed by atoms with E-state index < -0.39 is 17.7 Å². The number of halogens is 2. The second-order valence-electron chi connectivity index (χ2n) is 5.22. The minimum Gasteiger partial charge on any atom is -0.395 e. The molecule has 1 aliphatic carbocycles. The lowest BCUT2D eigenvalue weighted by atomic mass is 10.0. The predicted octanol–water partition coefficient (Wildman–Crippen LogP) is 2.58. The maximum absolute atomic E-state index is 13.8. The number of nitrogens with one attached hydrogen (secondary N) is 1. The minimum atomic E-state index is -0.590. The van der Waals surface area contributed by atoms with Gasteiger partial charge in [-0.3, -0.25) is 0 Å². The smallest absolute Gasteiger partial charge is 0.318 e. The highest BCUT2D eigenvalue weighted by atomic mass is 19.1. The Kier molecular flexibility index (Phi) is 5.12. The molecule has 116 valence electrons. The highest BCUT2D eigenvalue weighted by molar-refractivity contribution is 5.75. The SMILES string of the molecule is CCC(NC(=O)N(CCO)C1CC1)c1cc(F)ccc1F. The summed E-state index contributed by atoms with van der Waals surface area (Å²) in [4.78, 5) is 13.8. The van der Waals surface area contributed by atoms with E-state index in [1.165, 1.54) is 0 Å². The van der Waals surface area contributed by atoms with Crippen molar-refractivity contribution < 1.29 is 18.7 Å². The first-order valence-corrected chi connectivity index (χ1v) is 7.19. The molecule has 1 aromatic carbocycles. The largest absolute Gasteiger partial charge is 0.395 e. The van der Waals surface area contributed by atoms with Gasteiger partial charge in [-0.25, -0.2) is 13.6 Å². The Morgan fingerprint density at radius 1 is 1.48 bits per heavy atom. The average molecular weight is 298 g/mol. The Bertz CT molecular complexity index is 506. The molecule has 1 saturated carbocycles. The maximum Gasteiger partial charge on any atom is 0.318 e. The standard InChI is InChI=1S/C15H20F2N2O2/c1-2-14(12-9-10(16)3-6-13(12)17)18-15(21)19(7-8-20)11-4-5-11/h3,6,9,11,14,20H,2,4-5,7-8H2,1H3,(H,18,21). The summed E-state index contributed by atoms with van der Waals surface area (Å²) in [6.07, 6.45) is 2.28. The lowest BCUT2D eigenvalue weighted by Gasteiger charge is -2.26. The second-order valence-corrected chi connectivity index (χ2v) is 5.22. The zero-order valence-corrected chi connectivity index (χ0v) is 12.0. The predicted molar refractivity (Wildman–Crippen MR) is 74.7 cm³/mol. The van der Waals surface area contributed by atoms with Gasteiger partial charge in [0.25, 0.3) is 0 Å². The average Bonchev–Trinajstić information content (AvgIpc) is 3.29. The first-order chi connectivity index (χ1) is 10.1. The second kappa shape index (κ2) is 6.85. The van der Waals surface area contributed by atoms with Crippen LogP contribution in [0.1, 0.15) is 37.8 Å². The Morgan fingerprint density at radius 2 is 2.19 bits per heavy atom. The highest BCUT2D eigenvalue weighted by Gasteiger charge is 2.33. The van der Waals surface area contributed by atoms with Crippen LogP contribution in [0.3, 0.4) is 0 Å². The number of carbonyl (C=O) groups excluding carboxylic acids is 1. The number of aliphatic hydroxyl groups is 1. The fourth-order valence-electron chi connectivity index (χ4n) is 2.36. The van der Waals surface area contributed by atoms with Gasteiger partial charge in [-0.1, -0.05) is 6.92 Å². The molecule has 4 nitrogen and oxygen atoms in total. The van der Waals surface area contributed by atoms with Crippen molar-refractivity contribution in [3.63, 3.8) is 0 Å². The van der Waals surface area contributed by atoms with E-state index in [1.807, 2.05) is 0 Å². The van der Waals surface area contributed by atoms with E-state index in [9.17, 15) is 13.6 Å². The molecule has 0 aromatic heterocycles. The molecule has 1 fully saturated rings. The summed E-state index contributed by atoms with van der Waals surface area (Å²) < 4.78 is 27.1. The number of carbonyl (C=O) groups is 1. The van der Waals surface area contributed by atoms with Crippen LogP contribution in [0.15, 0.2) is 18.2 Å². The highest BCUT2D eigenvalue weighted by Crippen LogP contribution is 2.28. The van der Waals surface area contributed by atoms with Crippen molar-refractivity contribution in [1.29, 1.82) is 0 Å². The van der Waals surface area contributed by atoms with Gasteiger partial charge in [-0.2, -0.15) is 0 Å². The lowest BCUT2D eigenvalue weighted by molar-refractivity contribution is 0.170. The molecular weight excluding hydrogens is 278 g/mol. The molecule has 1 aromatic rings. The van der Waals surface area contributed by atoms with Crippen LogP contribution in [0.2, 0.25) is 0 Å². The quantitative estimate of drug-likeness (QED) is 0.848. The van der Waals surface area contributed by atoms with Crippen LogP contribution in [-0.4, -0.2) is 35.2 Å². The van der Waals surface area contributed by atoms with Gasteiger partial charge >= 0.3 is 6.03 Å². The summed E-state index contributed by atoms with van der Waals surface area (Å²) in [5.74, 6) is -1.07. The molecule has 2 N–H and O–H groups in total. The zero-order chi connectivity index (χ0) is 15.4. The monoisotopic (exact) mass is 298 g/mol. The van der Waals surface area contributed by atoms with Crippen molar-refractivity contribution in [1.82, 2.24) is 10.2 Å². The molecule has 21 heavy (non-hydrogen) atoms.